The molecule has 1 heterocycles. The molecule has 0 aliphatic rings. The Bertz CT molecular complexity index is 951. The van der Waals surface area contributed by atoms with E-state index >= 15 is 0 Å². The monoisotopic (exact) mass is 407 g/mol. The van der Waals surface area contributed by atoms with Crippen molar-refractivity contribution in [2.75, 3.05) is 24.7 Å². The van der Waals surface area contributed by atoms with E-state index in [-0.39, 0.29) is 11.7 Å². The van der Waals surface area contributed by atoms with Crippen LogP contribution in [0.25, 0.3) is 11.4 Å². The number of amides is 1. The molecule has 0 atom stereocenters. The number of benzene rings is 2. The first kappa shape index (κ1) is 20.7. The van der Waals surface area contributed by atoms with E-state index in [1.807, 2.05) is 78.2 Å². The van der Waals surface area contributed by atoms with Crippen LogP contribution in [0.5, 0.6) is 0 Å². The molecule has 150 valence electrons. The second-order valence-electron chi connectivity index (χ2n) is 6.70. The second-order valence-corrected chi connectivity index (χ2v) is 7.64. The lowest BCUT2D eigenvalue weighted by Crippen LogP contribution is -2.24. The van der Waals surface area contributed by atoms with Gasteiger partial charge in [0.05, 0.1) is 5.75 Å². The standard InChI is InChI=1S/C22H25N5OS/c1-4-14-27-21(18-10-12-19(13-11-18)26(2)3)24-25-22(27)29-16-20(28)23-15-17-8-6-5-7-9-17/h4-13H,1,14-16H2,2-3H3,(H,23,28). The molecule has 0 spiro atoms. The maximum Gasteiger partial charge on any atom is 0.230 e. The van der Waals surface area contributed by atoms with Gasteiger partial charge in [0.15, 0.2) is 11.0 Å². The van der Waals surface area contributed by atoms with Gasteiger partial charge in [-0.15, -0.1) is 16.8 Å². The lowest BCUT2D eigenvalue weighted by molar-refractivity contribution is -0.118. The highest BCUT2D eigenvalue weighted by atomic mass is 32.2. The molecular formula is C22H25N5OS. The molecule has 7 heteroatoms. The van der Waals surface area contributed by atoms with Gasteiger partial charge in [0, 0.05) is 38.4 Å². The number of hydrogen-bond donors (Lipinski definition) is 1. The molecule has 1 N–H and O–H groups in total. The lowest BCUT2D eigenvalue weighted by Gasteiger charge is -2.13. The van der Waals surface area contributed by atoms with E-state index in [4.69, 9.17) is 0 Å². The number of nitrogens with one attached hydrogen (secondary N) is 1. The zero-order chi connectivity index (χ0) is 20.6. The number of thioether (sulfide) groups is 1. The molecule has 0 saturated heterocycles. The zero-order valence-corrected chi connectivity index (χ0v) is 17.5. The lowest BCUT2D eigenvalue weighted by atomic mass is 10.2. The quantitative estimate of drug-likeness (QED) is 0.434. The minimum Gasteiger partial charge on any atom is -0.378 e. The molecule has 1 aromatic heterocycles. The van der Waals surface area contributed by atoms with Gasteiger partial charge in [0.2, 0.25) is 5.91 Å². The van der Waals surface area contributed by atoms with Crippen LogP contribution in [0.2, 0.25) is 0 Å². The number of anilines is 1. The highest BCUT2D eigenvalue weighted by Crippen LogP contribution is 2.25. The summed E-state index contributed by atoms with van der Waals surface area (Å²) < 4.78 is 1.98. The van der Waals surface area contributed by atoms with Gasteiger partial charge in [-0.1, -0.05) is 48.2 Å². The van der Waals surface area contributed by atoms with E-state index in [9.17, 15) is 4.79 Å². The number of carbonyl (C=O) groups is 1. The number of rotatable bonds is 9. The fourth-order valence-corrected chi connectivity index (χ4v) is 3.57. The minimum atomic E-state index is -0.0381. The average molecular weight is 408 g/mol. The summed E-state index contributed by atoms with van der Waals surface area (Å²) in [5.41, 5.74) is 3.17. The highest BCUT2D eigenvalue weighted by Gasteiger charge is 2.15. The molecule has 0 saturated carbocycles. The summed E-state index contributed by atoms with van der Waals surface area (Å²) in [6.07, 6.45) is 1.81. The van der Waals surface area contributed by atoms with Crippen LogP contribution in [0.15, 0.2) is 72.4 Å². The molecule has 3 rings (SSSR count). The molecule has 0 aliphatic heterocycles. The first-order valence-electron chi connectivity index (χ1n) is 9.33. The molecule has 0 aliphatic carbocycles. The first-order valence-corrected chi connectivity index (χ1v) is 10.3. The maximum atomic E-state index is 12.2. The Morgan fingerprint density at radius 2 is 1.86 bits per heavy atom. The molecule has 2 aromatic carbocycles. The number of carbonyl (C=O) groups excluding carboxylic acids is 1. The summed E-state index contributed by atoms with van der Waals surface area (Å²) in [6.45, 7) is 4.93. The van der Waals surface area contributed by atoms with Gasteiger partial charge in [0.1, 0.15) is 0 Å². The third-order valence-corrected chi connectivity index (χ3v) is 5.30. The van der Waals surface area contributed by atoms with E-state index < -0.39 is 0 Å². The van der Waals surface area contributed by atoms with E-state index in [0.717, 1.165) is 22.6 Å². The van der Waals surface area contributed by atoms with Crippen LogP contribution in [0.3, 0.4) is 0 Å². The molecule has 1 amide bonds. The third kappa shape index (κ3) is 5.48. The van der Waals surface area contributed by atoms with Crippen molar-refractivity contribution in [3.63, 3.8) is 0 Å². The third-order valence-electron chi connectivity index (χ3n) is 4.34. The van der Waals surface area contributed by atoms with Gasteiger partial charge < -0.3 is 10.2 Å². The predicted molar refractivity (Wildman–Crippen MR) is 119 cm³/mol. The maximum absolute atomic E-state index is 12.2. The molecular weight excluding hydrogens is 382 g/mol. The summed E-state index contributed by atoms with van der Waals surface area (Å²) in [6, 6.07) is 18.0. The number of hydrogen-bond acceptors (Lipinski definition) is 5. The fraction of sp³-hybridized carbons (Fsp3) is 0.227. The van der Waals surface area contributed by atoms with Crippen molar-refractivity contribution in [3.05, 3.63) is 72.8 Å². The van der Waals surface area contributed by atoms with Gasteiger partial charge >= 0.3 is 0 Å². The Morgan fingerprint density at radius 3 is 2.52 bits per heavy atom. The summed E-state index contributed by atoms with van der Waals surface area (Å²) in [5, 5.41) is 12.3. The Morgan fingerprint density at radius 1 is 1.14 bits per heavy atom. The second kappa shape index (κ2) is 9.93. The van der Waals surface area contributed by atoms with Crippen molar-refractivity contribution < 1.29 is 4.79 Å². The van der Waals surface area contributed by atoms with Crippen molar-refractivity contribution in [1.82, 2.24) is 20.1 Å². The van der Waals surface area contributed by atoms with E-state index in [1.54, 1.807) is 6.08 Å². The van der Waals surface area contributed by atoms with E-state index in [2.05, 4.69) is 22.1 Å². The van der Waals surface area contributed by atoms with Gasteiger partial charge in [-0.2, -0.15) is 0 Å². The first-order chi connectivity index (χ1) is 14.1. The van der Waals surface area contributed by atoms with Crippen LogP contribution in [0.1, 0.15) is 5.56 Å². The van der Waals surface area contributed by atoms with Crippen LogP contribution in [-0.4, -0.2) is 40.5 Å². The van der Waals surface area contributed by atoms with Gasteiger partial charge in [-0.25, -0.2) is 0 Å². The van der Waals surface area contributed by atoms with Crippen LogP contribution in [0.4, 0.5) is 5.69 Å². The molecule has 0 bridgehead atoms. The summed E-state index contributed by atoms with van der Waals surface area (Å²) in [5.74, 6) is 1.01. The summed E-state index contributed by atoms with van der Waals surface area (Å²) in [7, 11) is 4.01. The van der Waals surface area contributed by atoms with Crippen molar-refractivity contribution in [2.45, 2.75) is 18.2 Å². The van der Waals surface area contributed by atoms with Crippen molar-refractivity contribution in [3.8, 4) is 11.4 Å². The number of aromatic nitrogens is 3. The molecule has 0 unspecified atom stereocenters. The van der Waals surface area contributed by atoms with Crippen LogP contribution in [-0.2, 0) is 17.9 Å². The summed E-state index contributed by atoms with van der Waals surface area (Å²) >= 11 is 1.38. The Hall–Kier alpha value is -3.06. The van der Waals surface area contributed by atoms with Crippen LogP contribution < -0.4 is 10.2 Å². The number of nitrogens with zero attached hydrogens (tertiary/aromatic N) is 4. The molecule has 0 fully saturated rings. The largest absolute Gasteiger partial charge is 0.378 e. The zero-order valence-electron chi connectivity index (χ0n) is 16.7. The highest BCUT2D eigenvalue weighted by molar-refractivity contribution is 7.99. The Balaban J connectivity index is 1.66. The minimum absolute atomic E-state index is 0.0381. The fourth-order valence-electron chi connectivity index (χ4n) is 2.79. The van der Waals surface area contributed by atoms with Crippen molar-refractivity contribution in [1.29, 1.82) is 0 Å². The van der Waals surface area contributed by atoms with Crippen LogP contribution >= 0.6 is 11.8 Å². The average Bonchev–Trinajstić information content (AvgIpc) is 3.14. The predicted octanol–water partition coefficient (Wildman–Crippen LogP) is 3.61. The molecule has 0 radical (unpaired) electrons. The molecule has 3 aromatic rings. The normalized spacial score (nSPS) is 10.6. The topological polar surface area (TPSA) is 63.1 Å². The molecule has 6 nitrogen and oxygen atoms in total. The number of allylic oxidation sites excluding steroid dienone is 1. The van der Waals surface area contributed by atoms with Crippen LogP contribution in [0, 0.1) is 0 Å². The van der Waals surface area contributed by atoms with Crippen molar-refractivity contribution in [2.24, 2.45) is 0 Å². The van der Waals surface area contributed by atoms with E-state index in [0.29, 0.717) is 18.2 Å². The van der Waals surface area contributed by atoms with E-state index in [1.165, 1.54) is 11.8 Å². The van der Waals surface area contributed by atoms with Crippen molar-refractivity contribution >= 4 is 23.4 Å². The Kier molecular flexibility index (Phi) is 7.08. The van der Waals surface area contributed by atoms with Gasteiger partial charge in [-0.3, -0.25) is 9.36 Å². The van der Waals surface area contributed by atoms with Gasteiger partial charge in [-0.05, 0) is 29.8 Å². The SMILES string of the molecule is C=CCn1c(SCC(=O)NCc2ccccc2)nnc1-c1ccc(N(C)C)cc1. The summed E-state index contributed by atoms with van der Waals surface area (Å²) in [4.78, 5) is 14.3. The molecule has 29 heavy (non-hydrogen) atoms. The smallest absolute Gasteiger partial charge is 0.230 e. The van der Waals surface area contributed by atoms with Gasteiger partial charge in [0.25, 0.3) is 0 Å². The Labute approximate surface area is 175 Å².